The summed E-state index contributed by atoms with van der Waals surface area (Å²) in [7, 11) is 0. The van der Waals surface area contributed by atoms with Gasteiger partial charge in [-0.1, -0.05) is 33.3 Å². The number of rotatable bonds is 1. The topological polar surface area (TPSA) is 38.9 Å². The largest absolute Gasteiger partial charge is 0.389 e. The fourth-order valence-corrected chi connectivity index (χ4v) is 2.36. The van der Waals surface area contributed by atoms with Crippen LogP contribution < -0.4 is 5.73 Å². The number of nitrogen functional groups attached to an aromatic ring is 1. The van der Waals surface area contributed by atoms with Gasteiger partial charge in [-0.15, -0.1) is 0 Å². The smallest absolute Gasteiger partial charge is 0.125 e. The number of aromatic nitrogens is 1. The molecule has 0 atom stereocenters. The van der Waals surface area contributed by atoms with Crippen LogP contribution in [0.3, 0.4) is 0 Å². The van der Waals surface area contributed by atoms with Crippen molar-refractivity contribution in [2.45, 2.75) is 6.92 Å². The van der Waals surface area contributed by atoms with Gasteiger partial charge in [0.15, 0.2) is 0 Å². The van der Waals surface area contributed by atoms with Crippen LogP contribution in [0.2, 0.25) is 0 Å². The molecule has 0 bridgehead atoms. The maximum atomic E-state index is 5.65. The molecule has 1 aromatic heterocycles. The van der Waals surface area contributed by atoms with Crippen molar-refractivity contribution >= 4 is 32.3 Å². The molecule has 4 heteroatoms. The number of anilines is 1. The van der Waals surface area contributed by atoms with Gasteiger partial charge in [0.05, 0.1) is 6.20 Å². The van der Waals surface area contributed by atoms with Gasteiger partial charge < -0.3 is 5.73 Å². The van der Waals surface area contributed by atoms with Gasteiger partial charge in [-0.25, -0.2) is 4.98 Å². The van der Waals surface area contributed by atoms with E-state index in [2.05, 4.69) is 40.0 Å². The predicted molar refractivity (Wildman–Crippen MR) is 64.4 cm³/mol. The Balaban J connectivity index is 2.55. The Kier molecular flexibility index (Phi) is 2.56. The van der Waals surface area contributed by atoms with Gasteiger partial charge in [0, 0.05) is 10.0 Å². The second-order valence-electron chi connectivity index (χ2n) is 3.03. The number of thiazole rings is 1. The van der Waals surface area contributed by atoms with E-state index < -0.39 is 0 Å². The summed E-state index contributed by atoms with van der Waals surface area (Å²) >= 11 is 4.96. The first-order valence-electron chi connectivity index (χ1n) is 4.14. The van der Waals surface area contributed by atoms with Gasteiger partial charge in [-0.3, -0.25) is 0 Å². The first kappa shape index (κ1) is 9.68. The Hall–Kier alpha value is -0.870. The molecule has 14 heavy (non-hydrogen) atoms. The quantitative estimate of drug-likeness (QED) is 0.861. The summed E-state index contributed by atoms with van der Waals surface area (Å²) in [6, 6.07) is 6.15. The zero-order valence-corrected chi connectivity index (χ0v) is 10.0. The zero-order valence-electron chi connectivity index (χ0n) is 7.62. The van der Waals surface area contributed by atoms with E-state index in [0.717, 1.165) is 20.0 Å². The standard InChI is InChI=1S/C10H9BrN2S/c1-6-2-3-7(11)4-8(6)10-13-5-9(12)14-10/h2-5H,12H2,1H3. The summed E-state index contributed by atoms with van der Waals surface area (Å²) in [6.07, 6.45) is 1.69. The van der Waals surface area contributed by atoms with Crippen LogP contribution in [0.5, 0.6) is 0 Å². The minimum absolute atomic E-state index is 0.749. The Bertz CT molecular complexity index is 465. The summed E-state index contributed by atoms with van der Waals surface area (Å²) in [5.41, 5.74) is 8.00. The molecule has 2 aromatic rings. The third kappa shape index (κ3) is 1.81. The molecule has 0 aliphatic heterocycles. The van der Waals surface area contributed by atoms with E-state index in [1.165, 1.54) is 16.9 Å². The van der Waals surface area contributed by atoms with Gasteiger partial charge in [0.1, 0.15) is 10.0 Å². The van der Waals surface area contributed by atoms with Crippen molar-refractivity contribution in [1.29, 1.82) is 0 Å². The first-order chi connectivity index (χ1) is 6.66. The highest BCUT2D eigenvalue weighted by Gasteiger charge is 2.06. The van der Waals surface area contributed by atoms with E-state index in [-0.39, 0.29) is 0 Å². The summed E-state index contributed by atoms with van der Waals surface area (Å²) in [5, 5.41) is 1.72. The Morgan fingerprint density at radius 1 is 1.43 bits per heavy atom. The van der Waals surface area contributed by atoms with E-state index in [9.17, 15) is 0 Å². The number of halogens is 1. The van der Waals surface area contributed by atoms with Crippen LogP contribution in [-0.4, -0.2) is 4.98 Å². The molecule has 72 valence electrons. The van der Waals surface area contributed by atoms with Gasteiger partial charge in [-0.2, -0.15) is 0 Å². The second kappa shape index (κ2) is 3.71. The van der Waals surface area contributed by atoms with Gasteiger partial charge in [0.25, 0.3) is 0 Å². The maximum absolute atomic E-state index is 5.65. The number of hydrogen-bond donors (Lipinski definition) is 1. The minimum Gasteiger partial charge on any atom is -0.389 e. The fraction of sp³-hybridized carbons (Fsp3) is 0.100. The molecule has 1 heterocycles. The summed E-state index contributed by atoms with van der Waals surface area (Å²) < 4.78 is 1.06. The summed E-state index contributed by atoms with van der Waals surface area (Å²) in [5.74, 6) is 0. The Morgan fingerprint density at radius 2 is 2.21 bits per heavy atom. The highest BCUT2D eigenvalue weighted by Crippen LogP contribution is 2.30. The molecule has 0 aliphatic rings. The van der Waals surface area contributed by atoms with Crippen molar-refractivity contribution in [1.82, 2.24) is 4.98 Å². The van der Waals surface area contributed by atoms with Crippen LogP contribution in [-0.2, 0) is 0 Å². The lowest BCUT2D eigenvalue weighted by Crippen LogP contribution is -1.81. The molecular weight excluding hydrogens is 260 g/mol. The van der Waals surface area contributed by atoms with Crippen molar-refractivity contribution in [2.24, 2.45) is 0 Å². The molecule has 2 nitrogen and oxygen atoms in total. The number of nitrogens with zero attached hydrogens (tertiary/aromatic N) is 1. The van der Waals surface area contributed by atoms with Crippen molar-refractivity contribution in [3.8, 4) is 10.6 Å². The highest BCUT2D eigenvalue weighted by atomic mass is 79.9. The SMILES string of the molecule is Cc1ccc(Br)cc1-c1ncc(N)s1. The third-order valence-corrected chi connectivity index (χ3v) is 3.31. The van der Waals surface area contributed by atoms with E-state index >= 15 is 0 Å². The van der Waals surface area contributed by atoms with Gasteiger partial charge >= 0.3 is 0 Å². The molecule has 0 unspecified atom stereocenters. The lowest BCUT2D eigenvalue weighted by Gasteiger charge is -2.01. The van der Waals surface area contributed by atoms with E-state index in [1.807, 2.05) is 6.07 Å². The molecule has 0 fully saturated rings. The number of benzene rings is 1. The number of hydrogen-bond acceptors (Lipinski definition) is 3. The summed E-state index contributed by atoms with van der Waals surface area (Å²) in [4.78, 5) is 4.26. The average molecular weight is 269 g/mol. The van der Waals surface area contributed by atoms with Crippen LogP contribution in [0.15, 0.2) is 28.9 Å². The van der Waals surface area contributed by atoms with Crippen molar-refractivity contribution < 1.29 is 0 Å². The Labute approximate surface area is 94.9 Å². The van der Waals surface area contributed by atoms with Crippen molar-refractivity contribution in [3.05, 3.63) is 34.4 Å². The molecule has 0 saturated carbocycles. The van der Waals surface area contributed by atoms with E-state index in [4.69, 9.17) is 5.73 Å². The van der Waals surface area contributed by atoms with Crippen LogP contribution in [0, 0.1) is 6.92 Å². The fourth-order valence-electron chi connectivity index (χ4n) is 1.24. The molecule has 0 aliphatic carbocycles. The highest BCUT2D eigenvalue weighted by molar-refractivity contribution is 9.10. The maximum Gasteiger partial charge on any atom is 0.125 e. The average Bonchev–Trinajstić information content (AvgIpc) is 2.56. The van der Waals surface area contributed by atoms with Crippen molar-refractivity contribution in [2.75, 3.05) is 5.73 Å². The summed E-state index contributed by atoms with van der Waals surface area (Å²) in [6.45, 7) is 2.07. The number of nitrogens with two attached hydrogens (primary N) is 1. The molecule has 1 aromatic carbocycles. The lowest BCUT2D eigenvalue weighted by molar-refractivity contribution is 1.37. The minimum atomic E-state index is 0.749. The molecule has 2 N–H and O–H groups in total. The molecule has 0 saturated heterocycles. The molecule has 0 amide bonds. The van der Waals surface area contributed by atoms with Crippen molar-refractivity contribution in [3.63, 3.8) is 0 Å². The molecule has 0 radical (unpaired) electrons. The normalized spacial score (nSPS) is 10.4. The zero-order chi connectivity index (χ0) is 10.1. The third-order valence-electron chi connectivity index (χ3n) is 1.95. The van der Waals surface area contributed by atoms with Crippen LogP contribution in [0.25, 0.3) is 10.6 Å². The van der Waals surface area contributed by atoms with Gasteiger partial charge in [0.2, 0.25) is 0 Å². The second-order valence-corrected chi connectivity index (χ2v) is 5.00. The first-order valence-corrected chi connectivity index (χ1v) is 5.75. The van der Waals surface area contributed by atoms with Gasteiger partial charge in [-0.05, 0) is 24.6 Å². The van der Waals surface area contributed by atoms with E-state index in [1.54, 1.807) is 6.20 Å². The lowest BCUT2D eigenvalue weighted by atomic mass is 10.1. The molecule has 2 rings (SSSR count). The van der Waals surface area contributed by atoms with E-state index in [0.29, 0.717) is 0 Å². The monoisotopic (exact) mass is 268 g/mol. The van der Waals surface area contributed by atoms with Crippen LogP contribution >= 0.6 is 27.3 Å². The molecule has 0 spiro atoms. The predicted octanol–water partition coefficient (Wildman–Crippen LogP) is 3.46. The van der Waals surface area contributed by atoms with Crippen LogP contribution in [0.4, 0.5) is 5.00 Å². The molecular formula is C10H9BrN2S. The Morgan fingerprint density at radius 3 is 2.86 bits per heavy atom. The van der Waals surface area contributed by atoms with Crippen LogP contribution in [0.1, 0.15) is 5.56 Å². The number of aryl methyl sites for hydroxylation is 1.